The zero-order chi connectivity index (χ0) is 18.3. The smallest absolute Gasteiger partial charge is 0.264 e. The van der Waals surface area contributed by atoms with E-state index in [2.05, 4.69) is 40.7 Å². The number of hydrogen-bond acceptors (Lipinski definition) is 6. The lowest BCUT2D eigenvalue weighted by atomic mass is 10.0. The molecule has 0 aliphatic carbocycles. The van der Waals surface area contributed by atoms with Gasteiger partial charge in [0, 0.05) is 38.8 Å². The molecule has 2 aromatic rings. The Labute approximate surface area is 158 Å². The molecule has 0 radical (unpaired) electrons. The number of hydrogen-bond donors (Lipinski definition) is 0. The second-order valence-electron chi connectivity index (χ2n) is 7.57. The van der Waals surface area contributed by atoms with Crippen molar-refractivity contribution in [3.63, 3.8) is 0 Å². The molecular formula is C19H27N5OS. The first-order valence-corrected chi connectivity index (χ1v) is 10.4. The first-order valence-electron chi connectivity index (χ1n) is 9.55. The number of carbonyl (C=O) groups excluding carboxylic acids is 1. The molecule has 140 valence electrons. The number of thiophene rings is 1. The van der Waals surface area contributed by atoms with E-state index in [1.807, 2.05) is 4.90 Å². The maximum absolute atomic E-state index is 13.2. The van der Waals surface area contributed by atoms with Crippen molar-refractivity contribution in [2.45, 2.75) is 39.2 Å². The molecule has 1 atom stereocenters. The van der Waals surface area contributed by atoms with Gasteiger partial charge in [-0.3, -0.25) is 4.79 Å². The second-order valence-corrected chi connectivity index (χ2v) is 8.57. The third-order valence-electron chi connectivity index (χ3n) is 5.77. The summed E-state index contributed by atoms with van der Waals surface area (Å²) in [6.07, 6.45) is 5.06. The van der Waals surface area contributed by atoms with Crippen LogP contribution in [0.3, 0.4) is 0 Å². The molecule has 0 saturated carbocycles. The lowest BCUT2D eigenvalue weighted by Crippen LogP contribution is -2.44. The van der Waals surface area contributed by atoms with Crippen LogP contribution in [0, 0.1) is 6.92 Å². The molecule has 0 unspecified atom stereocenters. The fraction of sp³-hybridized carbons (Fsp3) is 0.632. The van der Waals surface area contributed by atoms with Crippen LogP contribution < -0.4 is 4.90 Å². The van der Waals surface area contributed by atoms with E-state index >= 15 is 0 Å². The number of rotatable bonds is 2. The molecular weight excluding hydrogens is 346 g/mol. The average Bonchev–Trinajstić information content (AvgIpc) is 2.99. The Kier molecular flexibility index (Phi) is 4.84. The van der Waals surface area contributed by atoms with Crippen LogP contribution in [0.4, 0.5) is 5.82 Å². The zero-order valence-corrected chi connectivity index (χ0v) is 16.7. The molecule has 0 N–H and O–H groups in total. The summed E-state index contributed by atoms with van der Waals surface area (Å²) in [5.74, 6) is 1.16. The normalized spacial score (nSPS) is 22.2. The molecule has 0 aromatic carbocycles. The van der Waals surface area contributed by atoms with E-state index in [1.165, 1.54) is 17.8 Å². The first-order chi connectivity index (χ1) is 12.6. The predicted octanol–water partition coefficient (Wildman–Crippen LogP) is 2.77. The van der Waals surface area contributed by atoms with Crippen molar-refractivity contribution < 1.29 is 4.79 Å². The molecule has 7 heteroatoms. The lowest BCUT2D eigenvalue weighted by Gasteiger charge is -2.33. The van der Waals surface area contributed by atoms with Gasteiger partial charge in [0.25, 0.3) is 5.91 Å². The number of likely N-dealkylation sites (tertiary alicyclic amines) is 1. The highest BCUT2D eigenvalue weighted by atomic mass is 32.1. The SMILES string of the molecule is Cc1c(C(=O)N2CCCC[C@@H]2C)sc2ncnc(N3CCN(C)CC3)c12. The van der Waals surface area contributed by atoms with Crippen LogP contribution in [0.25, 0.3) is 10.2 Å². The van der Waals surface area contributed by atoms with Gasteiger partial charge < -0.3 is 14.7 Å². The minimum absolute atomic E-state index is 0.169. The quantitative estimate of drug-likeness (QED) is 0.810. The minimum Gasteiger partial charge on any atom is -0.353 e. The number of piperazine rings is 1. The number of anilines is 1. The van der Waals surface area contributed by atoms with Crippen LogP contribution >= 0.6 is 11.3 Å². The van der Waals surface area contributed by atoms with Gasteiger partial charge in [0.05, 0.1) is 10.3 Å². The van der Waals surface area contributed by atoms with Crippen LogP contribution in [0.1, 0.15) is 41.4 Å². The van der Waals surface area contributed by atoms with Crippen molar-refractivity contribution in [2.75, 3.05) is 44.7 Å². The first kappa shape index (κ1) is 17.7. The highest BCUT2D eigenvalue weighted by Gasteiger charge is 2.29. The van der Waals surface area contributed by atoms with E-state index in [9.17, 15) is 4.79 Å². The van der Waals surface area contributed by atoms with Gasteiger partial charge in [0.1, 0.15) is 17.0 Å². The molecule has 2 aromatic heterocycles. The minimum atomic E-state index is 0.169. The topological polar surface area (TPSA) is 52.6 Å². The Morgan fingerprint density at radius 2 is 1.92 bits per heavy atom. The molecule has 0 bridgehead atoms. The fourth-order valence-electron chi connectivity index (χ4n) is 4.05. The van der Waals surface area contributed by atoms with Gasteiger partial charge in [-0.05, 0) is 45.7 Å². The summed E-state index contributed by atoms with van der Waals surface area (Å²) in [5.41, 5.74) is 1.04. The molecule has 0 spiro atoms. The Morgan fingerprint density at radius 3 is 2.65 bits per heavy atom. The highest BCUT2D eigenvalue weighted by molar-refractivity contribution is 7.20. The van der Waals surface area contributed by atoms with Crippen LogP contribution in [0.15, 0.2) is 6.33 Å². The van der Waals surface area contributed by atoms with Gasteiger partial charge in [-0.15, -0.1) is 11.3 Å². The van der Waals surface area contributed by atoms with E-state index in [0.29, 0.717) is 6.04 Å². The summed E-state index contributed by atoms with van der Waals surface area (Å²) >= 11 is 1.53. The second kappa shape index (κ2) is 7.12. The Morgan fingerprint density at radius 1 is 1.15 bits per heavy atom. The van der Waals surface area contributed by atoms with Gasteiger partial charge in [0.15, 0.2) is 0 Å². The predicted molar refractivity (Wildman–Crippen MR) is 106 cm³/mol. The third-order valence-corrected chi connectivity index (χ3v) is 6.96. The highest BCUT2D eigenvalue weighted by Crippen LogP contribution is 2.36. The van der Waals surface area contributed by atoms with Crippen molar-refractivity contribution in [3.8, 4) is 0 Å². The summed E-state index contributed by atoms with van der Waals surface area (Å²) in [5, 5.41) is 1.06. The number of likely N-dealkylation sites (N-methyl/N-ethyl adjacent to an activating group) is 1. The number of fused-ring (bicyclic) bond motifs is 1. The molecule has 4 heterocycles. The van der Waals surface area contributed by atoms with E-state index in [-0.39, 0.29) is 5.91 Å². The van der Waals surface area contributed by atoms with E-state index < -0.39 is 0 Å². The number of piperidine rings is 1. The molecule has 26 heavy (non-hydrogen) atoms. The monoisotopic (exact) mass is 373 g/mol. The molecule has 1 amide bonds. The van der Waals surface area contributed by atoms with Crippen molar-refractivity contribution in [1.29, 1.82) is 0 Å². The number of aromatic nitrogens is 2. The molecule has 2 saturated heterocycles. The zero-order valence-electron chi connectivity index (χ0n) is 15.9. The van der Waals surface area contributed by atoms with Crippen LogP contribution in [-0.2, 0) is 0 Å². The molecule has 6 nitrogen and oxygen atoms in total. The van der Waals surface area contributed by atoms with E-state index in [0.717, 1.165) is 72.0 Å². The van der Waals surface area contributed by atoms with Crippen molar-refractivity contribution in [2.24, 2.45) is 0 Å². The molecule has 2 fully saturated rings. The van der Waals surface area contributed by atoms with Gasteiger partial charge in [-0.2, -0.15) is 0 Å². The Hall–Kier alpha value is -1.73. The summed E-state index contributed by atoms with van der Waals surface area (Å²) in [6.45, 7) is 9.08. The lowest BCUT2D eigenvalue weighted by molar-refractivity contribution is 0.0640. The molecule has 2 aliphatic rings. The maximum Gasteiger partial charge on any atom is 0.264 e. The Balaban J connectivity index is 1.70. The number of nitrogens with zero attached hydrogens (tertiary/aromatic N) is 5. The average molecular weight is 374 g/mol. The van der Waals surface area contributed by atoms with Crippen molar-refractivity contribution >= 4 is 33.3 Å². The summed E-state index contributed by atoms with van der Waals surface area (Å²) in [6, 6.07) is 0.323. The van der Waals surface area contributed by atoms with Gasteiger partial charge in [-0.1, -0.05) is 0 Å². The van der Waals surface area contributed by atoms with Crippen molar-refractivity contribution in [1.82, 2.24) is 19.8 Å². The number of amides is 1. The molecule has 4 rings (SSSR count). The number of carbonyl (C=O) groups is 1. The fourth-order valence-corrected chi connectivity index (χ4v) is 5.14. The summed E-state index contributed by atoms with van der Waals surface area (Å²) in [7, 11) is 2.15. The standard InChI is InChI=1S/C19H27N5OS/c1-13-6-4-5-7-24(13)19(25)16-14(2)15-17(20-12-21-18(15)26-16)23-10-8-22(3)9-11-23/h12-13H,4-11H2,1-3H3/t13-/m0/s1. The molecule has 2 aliphatic heterocycles. The summed E-state index contributed by atoms with van der Waals surface area (Å²) in [4.78, 5) is 30.8. The van der Waals surface area contributed by atoms with Crippen LogP contribution in [-0.4, -0.2) is 71.5 Å². The van der Waals surface area contributed by atoms with Gasteiger partial charge in [0.2, 0.25) is 0 Å². The maximum atomic E-state index is 13.2. The van der Waals surface area contributed by atoms with Gasteiger partial charge >= 0.3 is 0 Å². The van der Waals surface area contributed by atoms with Crippen LogP contribution in [0.5, 0.6) is 0 Å². The van der Waals surface area contributed by atoms with Gasteiger partial charge in [-0.25, -0.2) is 9.97 Å². The van der Waals surface area contributed by atoms with Crippen LogP contribution in [0.2, 0.25) is 0 Å². The third kappa shape index (κ3) is 3.07. The number of aryl methyl sites for hydroxylation is 1. The van der Waals surface area contributed by atoms with E-state index in [4.69, 9.17) is 0 Å². The Bertz CT molecular complexity index is 812. The van der Waals surface area contributed by atoms with Crippen molar-refractivity contribution in [3.05, 3.63) is 16.8 Å². The largest absolute Gasteiger partial charge is 0.353 e. The van der Waals surface area contributed by atoms with E-state index in [1.54, 1.807) is 6.33 Å². The summed E-state index contributed by atoms with van der Waals surface area (Å²) < 4.78 is 0.